The van der Waals surface area contributed by atoms with E-state index in [-0.39, 0.29) is 12.2 Å². The highest BCUT2D eigenvalue weighted by atomic mass is 35.5. The average molecular weight is 279 g/mol. The van der Waals surface area contributed by atoms with Gasteiger partial charge < -0.3 is 10.0 Å². The summed E-state index contributed by atoms with van der Waals surface area (Å²) >= 11 is 6.09. The van der Waals surface area contributed by atoms with Gasteiger partial charge in [0.05, 0.1) is 5.02 Å². The van der Waals surface area contributed by atoms with Crippen molar-refractivity contribution in [3.8, 4) is 0 Å². The van der Waals surface area contributed by atoms with E-state index >= 15 is 0 Å². The highest BCUT2D eigenvalue weighted by Gasteiger charge is 2.19. The van der Waals surface area contributed by atoms with Crippen LogP contribution in [0.4, 0.5) is 0 Å². The second-order valence-corrected chi connectivity index (χ2v) is 4.46. The number of nitrogens with zero attached hydrogens (tertiary/aromatic N) is 2. The zero-order chi connectivity index (χ0) is 14.0. The van der Waals surface area contributed by atoms with Gasteiger partial charge in [-0.25, -0.2) is 0 Å². The van der Waals surface area contributed by atoms with Crippen LogP contribution in [-0.4, -0.2) is 40.5 Å². The zero-order valence-corrected chi connectivity index (χ0v) is 10.9. The van der Waals surface area contributed by atoms with Crippen molar-refractivity contribution in [2.24, 2.45) is 0 Å². The van der Waals surface area contributed by atoms with Crippen LogP contribution in [0.5, 0.6) is 0 Å². The molecule has 0 atom stereocenters. The van der Waals surface area contributed by atoms with Gasteiger partial charge in [-0.05, 0) is 17.5 Å². The maximum absolute atomic E-state index is 12.2. The number of carbonyl (C=O) groups excluding carboxylic acids is 1. The van der Waals surface area contributed by atoms with Crippen LogP contribution in [0, 0.1) is 0 Å². The van der Waals surface area contributed by atoms with Crippen LogP contribution < -0.4 is 0 Å². The Morgan fingerprint density at radius 3 is 2.79 bits per heavy atom. The van der Waals surface area contributed by atoms with Crippen LogP contribution in [0.25, 0.3) is 10.8 Å². The Labute approximate surface area is 114 Å². The number of hydrogen-bond donors (Lipinski definition) is 1. The maximum atomic E-state index is 12.2. The summed E-state index contributed by atoms with van der Waals surface area (Å²) in [6, 6.07) is 7.01. The van der Waals surface area contributed by atoms with Gasteiger partial charge in [0.15, 0.2) is 0 Å². The molecule has 1 N–H and O–H groups in total. The molecule has 2 aromatic rings. The Hall–Kier alpha value is -2.14. The fourth-order valence-corrected chi connectivity index (χ4v) is 2.08. The van der Waals surface area contributed by atoms with Crippen molar-refractivity contribution in [1.82, 2.24) is 9.88 Å². The first kappa shape index (κ1) is 13.3. The van der Waals surface area contributed by atoms with E-state index in [1.807, 2.05) is 6.07 Å². The maximum Gasteiger partial charge on any atom is 0.323 e. The van der Waals surface area contributed by atoms with Gasteiger partial charge in [-0.1, -0.05) is 23.7 Å². The normalized spacial score (nSPS) is 10.4. The molecule has 0 spiro atoms. The third-order valence-electron chi connectivity index (χ3n) is 2.66. The predicted molar refractivity (Wildman–Crippen MR) is 71.3 cm³/mol. The first-order valence-corrected chi connectivity index (χ1v) is 5.89. The van der Waals surface area contributed by atoms with Crippen LogP contribution in [0.1, 0.15) is 10.5 Å². The van der Waals surface area contributed by atoms with Gasteiger partial charge in [-0.15, -0.1) is 0 Å². The minimum Gasteiger partial charge on any atom is -0.480 e. The molecular formula is C13H11ClN2O3. The molecule has 1 amide bonds. The summed E-state index contributed by atoms with van der Waals surface area (Å²) in [5.41, 5.74) is 0.159. The molecule has 0 radical (unpaired) electrons. The summed E-state index contributed by atoms with van der Waals surface area (Å²) in [6.07, 6.45) is 1.50. The van der Waals surface area contributed by atoms with E-state index < -0.39 is 11.9 Å². The molecule has 1 aromatic heterocycles. The molecule has 19 heavy (non-hydrogen) atoms. The number of likely N-dealkylation sites (N-methyl/N-ethyl adjacent to an activating group) is 1. The van der Waals surface area contributed by atoms with Crippen LogP contribution in [0.2, 0.25) is 5.02 Å². The van der Waals surface area contributed by atoms with Crippen molar-refractivity contribution in [2.45, 2.75) is 0 Å². The number of aliphatic carboxylic acids is 1. The molecule has 0 fully saturated rings. The van der Waals surface area contributed by atoms with Crippen molar-refractivity contribution >= 4 is 34.2 Å². The summed E-state index contributed by atoms with van der Waals surface area (Å²) in [5.74, 6) is -1.55. The monoisotopic (exact) mass is 278 g/mol. The molecule has 0 aliphatic carbocycles. The lowest BCUT2D eigenvalue weighted by atomic mass is 10.1. The number of rotatable bonds is 3. The van der Waals surface area contributed by atoms with Gasteiger partial charge in [0.25, 0.3) is 5.91 Å². The topological polar surface area (TPSA) is 70.5 Å². The van der Waals surface area contributed by atoms with Crippen molar-refractivity contribution in [3.05, 3.63) is 41.2 Å². The average Bonchev–Trinajstić information content (AvgIpc) is 2.36. The Bertz CT molecular complexity index is 652. The fraction of sp³-hybridized carbons (Fsp3) is 0.154. The molecule has 1 aromatic carbocycles. The molecule has 0 unspecified atom stereocenters. The number of carboxylic acid groups (broad SMARTS) is 1. The van der Waals surface area contributed by atoms with Crippen molar-refractivity contribution in [3.63, 3.8) is 0 Å². The highest BCUT2D eigenvalue weighted by Crippen LogP contribution is 2.26. The summed E-state index contributed by atoms with van der Waals surface area (Å²) in [5, 5.41) is 10.4. The van der Waals surface area contributed by atoms with Crippen LogP contribution in [-0.2, 0) is 4.79 Å². The lowest BCUT2D eigenvalue weighted by Gasteiger charge is -2.15. The van der Waals surface area contributed by atoms with E-state index in [0.29, 0.717) is 10.4 Å². The van der Waals surface area contributed by atoms with E-state index in [1.165, 1.54) is 13.2 Å². The Morgan fingerprint density at radius 1 is 1.37 bits per heavy atom. The van der Waals surface area contributed by atoms with Gasteiger partial charge >= 0.3 is 5.97 Å². The van der Waals surface area contributed by atoms with E-state index in [9.17, 15) is 9.59 Å². The molecule has 0 saturated carbocycles. The van der Waals surface area contributed by atoms with Gasteiger partial charge in [-0.3, -0.25) is 14.6 Å². The minimum atomic E-state index is -1.08. The minimum absolute atomic E-state index is 0.159. The fourth-order valence-electron chi connectivity index (χ4n) is 1.80. The summed E-state index contributed by atoms with van der Waals surface area (Å²) in [7, 11) is 1.41. The second kappa shape index (κ2) is 5.24. The molecule has 6 heteroatoms. The summed E-state index contributed by atoms with van der Waals surface area (Å²) in [4.78, 5) is 27.9. The molecule has 5 nitrogen and oxygen atoms in total. The predicted octanol–water partition coefficient (Wildman–Crippen LogP) is 2.04. The number of halogens is 1. The Kier molecular flexibility index (Phi) is 3.66. The number of pyridine rings is 1. The van der Waals surface area contributed by atoms with Gasteiger partial charge in [0, 0.05) is 18.6 Å². The molecule has 0 aliphatic heterocycles. The molecule has 0 aliphatic rings. The van der Waals surface area contributed by atoms with E-state index in [0.717, 1.165) is 10.3 Å². The summed E-state index contributed by atoms with van der Waals surface area (Å²) in [6.45, 7) is -0.388. The zero-order valence-electron chi connectivity index (χ0n) is 10.1. The molecule has 0 bridgehead atoms. The van der Waals surface area contributed by atoms with Crippen molar-refractivity contribution < 1.29 is 14.7 Å². The summed E-state index contributed by atoms with van der Waals surface area (Å²) < 4.78 is 0. The lowest BCUT2D eigenvalue weighted by Crippen LogP contribution is -2.32. The highest BCUT2D eigenvalue weighted by molar-refractivity contribution is 6.36. The van der Waals surface area contributed by atoms with Crippen LogP contribution in [0.3, 0.4) is 0 Å². The number of aromatic nitrogens is 1. The Morgan fingerprint density at radius 2 is 2.11 bits per heavy atom. The standard InChI is InChI=1S/C13H11ClN2O3/c1-16(7-10(17)18)13(19)12-11-8(5-6-15-12)3-2-4-9(11)14/h2-6H,7H2,1H3,(H,17,18). The Balaban J connectivity index is 2.51. The molecule has 1 heterocycles. The quantitative estimate of drug-likeness (QED) is 0.933. The van der Waals surface area contributed by atoms with E-state index in [4.69, 9.17) is 16.7 Å². The smallest absolute Gasteiger partial charge is 0.323 e. The number of benzene rings is 1. The number of carbonyl (C=O) groups is 2. The van der Waals surface area contributed by atoms with Crippen molar-refractivity contribution in [1.29, 1.82) is 0 Å². The van der Waals surface area contributed by atoms with Crippen LogP contribution >= 0.6 is 11.6 Å². The third kappa shape index (κ3) is 2.66. The molecule has 2 rings (SSSR count). The number of fused-ring (bicyclic) bond motifs is 1. The first-order chi connectivity index (χ1) is 9.00. The third-order valence-corrected chi connectivity index (χ3v) is 2.98. The van der Waals surface area contributed by atoms with Crippen molar-refractivity contribution in [2.75, 3.05) is 13.6 Å². The number of hydrogen-bond acceptors (Lipinski definition) is 3. The van der Waals surface area contributed by atoms with Crippen LogP contribution in [0.15, 0.2) is 30.5 Å². The second-order valence-electron chi connectivity index (χ2n) is 4.05. The molecule has 0 saturated heterocycles. The van der Waals surface area contributed by atoms with E-state index in [2.05, 4.69) is 4.98 Å². The largest absolute Gasteiger partial charge is 0.480 e. The van der Waals surface area contributed by atoms with Gasteiger partial charge in [0.1, 0.15) is 12.2 Å². The van der Waals surface area contributed by atoms with Gasteiger partial charge in [0.2, 0.25) is 0 Å². The van der Waals surface area contributed by atoms with E-state index in [1.54, 1.807) is 18.2 Å². The lowest BCUT2D eigenvalue weighted by molar-refractivity contribution is -0.137. The molecule has 98 valence electrons. The van der Waals surface area contributed by atoms with Gasteiger partial charge in [-0.2, -0.15) is 0 Å². The molecular weight excluding hydrogens is 268 g/mol. The SMILES string of the molecule is CN(CC(=O)O)C(=O)c1nccc2cccc(Cl)c12. The number of amides is 1. The first-order valence-electron chi connectivity index (χ1n) is 5.51. The number of carboxylic acids is 1.